The summed E-state index contributed by atoms with van der Waals surface area (Å²) in [6.07, 6.45) is 0. The molecule has 0 radical (unpaired) electrons. The molecule has 0 N–H and O–H groups in total. The van der Waals surface area contributed by atoms with Crippen LogP contribution in [0.3, 0.4) is 0 Å². The summed E-state index contributed by atoms with van der Waals surface area (Å²) >= 11 is 0. The molecule has 27 heavy (non-hydrogen) atoms. The summed E-state index contributed by atoms with van der Waals surface area (Å²) in [7, 11) is 0. The van der Waals surface area contributed by atoms with Gasteiger partial charge in [0.2, 0.25) is 0 Å². The van der Waals surface area contributed by atoms with Crippen molar-refractivity contribution >= 4 is 16.9 Å². The SMILES string of the molecule is Cc1ccc2c(COC(=O)c3ccc(C(C)(C)C)cc3)cc(=O)oc2c1C. The van der Waals surface area contributed by atoms with Gasteiger partial charge in [0.1, 0.15) is 12.2 Å². The van der Waals surface area contributed by atoms with Crippen LogP contribution in [0, 0.1) is 13.8 Å². The van der Waals surface area contributed by atoms with Crippen LogP contribution in [-0.2, 0) is 16.8 Å². The second-order valence-electron chi connectivity index (χ2n) is 7.88. The van der Waals surface area contributed by atoms with E-state index in [4.69, 9.17) is 9.15 Å². The third kappa shape index (κ3) is 3.95. The maximum absolute atomic E-state index is 12.4. The van der Waals surface area contributed by atoms with Crippen LogP contribution >= 0.6 is 0 Å². The van der Waals surface area contributed by atoms with Crippen molar-refractivity contribution in [3.8, 4) is 0 Å². The van der Waals surface area contributed by atoms with Gasteiger partial charge < -0.3 is 9.15 Å². The van der Waals surface area contributed by atoms with Crippen molar-refractivity contribution < 1.29 is 13.9 Å². The molecule has 4 nitrogen and oxygen atoms in total. The van der Waals surface area contributed by atoms with Crippen molar-refractivity contribution in [1.29, 1.82) is 0 Å². The van der Waals surface area contributed by atoms with Gasteiger partial charge in [-0.2, -0.15) is 0 Å². The van der Waals surface area contributed by atoms with Gasteiger partial charge in [-0.1, -0.05) is 45.0 Å². The maximum atomic E-state index is 12.4. The van der Waals surface area contributed by atoms with Gasteiger partial charge in [-0.05, 0) is 48.1 Å². The Bertz CT molecular complexity index is 1050. The number of aryl methyl sites for hydroxylation is 2. The number of ether oxygens (including phenoxy) is 1. The minimum atomic E-state index is -0.447. The van der Waals surface area contributed by atoms with Crippen LogP contribution in [0.1, 0.15) is 53.4 Å². The lowest BCUT2D eigenvalue weighted by molar-refractivity contribution is 0.0473. The molecule has 0 saturated heterocycles. The van der Waals surface area contributed by atoms with E-state index >= 15 is 0 Å². The first-order chi connectivity index (χ1) is 12.7. The summed E-state index contributed by atoms with van der Waals surface area (Å²) in [6, 6.07) is 12.7. The predicted octanol–water partition coefficient (Wildman–Crippen LogP) is 5.06. The second kappa shape index (κ2) is 7.03. The third-order valence-corrected chi connectivity index (χ3v) is 4.86. The van der Waals surface area contributed by atoms with Crippen LogP contribution in [0.4, 0.5) is 0 Å². The smallest absolute Gasteiger partial charge is 0.338 e. The summed E-state index contributed by atoms with van der Waals surface area (Å²) in [5.41, 5.74) is 4.35. The van der Waals surface area contributed by atoms with E-state index in [2.05, 4.69) is 20.8 Å². The van der Waals surface area contributed by atoms with Crippen molar-refractivity contribution in [3.05, 3.63) is 80.7 Å². The molecule has 1 aromatic heterocycles. The fraction of sp³-hybridized carbons (Fsp3) is 0.304. The van der Waals surface area contributed by atoms with E-state index < -0.39 is 11.6 Å². The van der Waals surface area contributed by atoms with Gasteiger partial charge in [0.05, 0.1) is 5.56 Å². The molecule has 3 aromatic rings. The highest BCUT2D eigenvalue weighted by Gasteiger charge is 2.16. The van der Waals surface area contributed by atoms with E-state index in [1.165, 1.54) is 6.07 Å². The zero-order valence-electron chi connectivity index (χ0n) is 16.4. The zero-order chi connectivity index (χ0) is 19.8. The maximum Gasteiger partial charge on any atom is 0.338 e. The predicted molar refractivity (Wildman–Crippen MR) is 106 cm³/mol. The average Bonchev–Trinajstić information content (AvgIpc) is 2.62. The first-order valence-corrected chi connectivity index (χ1v) is 8.97. The van der Waals surface area contributed by atoms with E-state index in [1.54, 1.807) is 12.1 Å². The van der Waals surface area contributed by atoms with Crippen molar-refractivity contribution in [2.24, 2.45) is 0 Å². The van der Waals surface area contributed by atoms with Crippen molar-refractivity contribution in [1.82, 2.24) is 0 Å². The van der Waals surface area contributed by atoms with E-state index in [9.17, 15) is 9.59 Å². The molecule has 0 spiro atoms. The highest BCUT2D eigenvalue weighted by atomic mass is 16.5. The van der Waals surface area contributed by atoms with Crippen molar-refractivity contribution in [2.45, 2.75) is 46.6 Å². The Labute approximate surface area is 158 Å². The molecule has 0 fully saturated rings. The quantitative estimate of drug-likeness (QED) is 0.481. The summed E-state index contributed by atoms with van der Waals surface area (Å²) in [4.78, 5) is 24.3. The van der Waals surface area contributed by atoms with E-state index in [1.807, 2.05) is 38.1 Å². The number of esters is 1. The molecular weight excluding hydrogens is 340 g/mol. The van der Waals surface area contributed by atoms with Gasteiger partial charge in [0, 0.05) is 17.0 Å². The van der Waals surface area contributed by atoms with Crippen LogP contribution in [0.5, 0.6) is 0 Å². The molecule has 1 heterocycles. The average molecular weight is 364 g/mol. The number of rotatable bonds is 3. The number of carbonyl (C=O) groups is 1. The summed E-state index contributed by atoms with van der Waals surface area (Å²) < 4.78 is 10.8. The van der Waals surface area contributed by atoms with Crippen LogP contribution in [0.15, 0.2) is 51.7 Å². The Morgan fingerprint density at radius 3 is 2.33 bits per heavy atom. The third-order valence-electron chi connectivity index (χ3n) is 4.86. The summed E-state index contributed by atoms with van der Waals surface area (Å²) in [5.74, 6) is -0.416. The van der Waals surface area contributed by atoms with Crippen LogP contribution < -0.4 is 5.63 Å². The standard InChI is InChI=1S/C23H24O4/c1-14-6-11-19-17(12-20(24)27-21(19)15(14)2)13-26-22(25)16-7-9-18(10-8-16)23(3,4)5/h6-12H,13H2,1-5H3. The lowest BCUT2D eigenvalue weighted by Crippen LogP contribution is -2.12. The molecule has 140 valence electrons. The number of hydrogen-bond donors (Lipinski definition) is 0. The fourth-order valence-electron chi connectivity index (χ4n) is 2.98. The number of hydrogen-bond acceptors (Lipinski definition) is 4. The van der Waals surface area contributed by atoms with E-state index in [0.717, 1.165) is 22.1 Å². The van der Waals surface area contributed by atoms with Gasteiger partial charge in [0.25, 0.3) is 0 Å². The largest absolute Gasteiger partial charge is 0.457 e. The first-order valence-electron chi connectivity index (χ1n) is 8.97. The Hall–Kier alpha value is -2.88. The lowest BCUT2D eigenvalue weighted by atomic mass is 9.87. The van der Waals surface area contributed by atoms with E-state index in [-0.39, 0.29) is 12.0 Å². The van der Waals surface area contributed by atoms with Crippen molar-refractivity contribution in [3.63, 3.8) is 0 Å². The molecule has 3 rings (SSSR count). The minimum Gasteiger partial charge on any atom is -0.457 e. The van der Waals surface area contributed by atoms with Crippen LogP contribution in [0.25, 0.3) is 11.0 Å². The molecule has 0 saturated carbocycles. The highest BCUT2D eigenvalue weighted by Crippen LogP contribution is 2.25. The number of carbonyl (C=O) groups excluding carboxylic acids is 1. The summed E-state index contributed by atoms with van der Waals surface area (Å²) in [5, 5.41) is 0.786. The van der Waals surface area contributed by atoms with E-state index in [0.29, 0.717) is 16.7 Å². The molecule has 0 aliphatic rings. The fourth-order valence-corrected chi connectivity index (χ4v) is 2.98. The Morgan fingerprint density at radius 1 is 1.04 bits per heavy atom. The number of benzene rings is 2. The molecular formula is C23H24O4. The monoisotopic (exact) mass is 364 g/mol. The first kappa shape index (κ1) is 18.9. The second-order valence-corrected chi connectivity index (χ2v) is 7.88. The highest BCUT2D eigenvalue weighted by molar-refractivity contribution is 5.90. The molecule has 0 bridgehead atoms. The van der Waals surface area contributed by atoms with Gasteiger partial charge in [-0.15, -0.1) is 0 Å². The Morgan fingerprint density at radius 2 is 1.70 bits per heavy atom. The summed E-state index contributed by atoms with van der Waals surface area (Å²) in [6.45, 7) is 10.3. The normalized spacial score (nSPS) is 11.6. The van der Waals surface area contributed by atoms with Crippen molar-refractivity contribution in [2.75, 3.05) is 0 Å². The lowest BCUT2D eigenvalue weighted by Gasteiger charge is -2.19. The molecule has 0 atom stereocenters. The number of fused-ring (bicyclic) bond motifs is 1. The molecule has 2 aromatic carbocycles. The van der Waals surface area contributed by atoms with Gasteiger partial charge in [0.15, 0.2) is 0 Å². The van der Waals surface area contributed by atoms with Crippen LogP contribution in [-0.4, -0.2) is 5.97 Å². The molecule has 4 heteroatoms. The Kier molecular flexibility index (Phi) is 4.92. The topological polar surface area (TPSA) is 56.5 Å². The Balaban J connectivity index is 1.83. The molecule has 0 aliphatic heterocycles. The van der Waals surface area contributed by atoms with Gasteiger partial charge in [-0.3, -0.25) is 0 Å². The van der Waals surface area contributed by atoms with Crippen LogP contribution in [0.2, 0.25) is 0 Å². The molecule has 0 aliphatic carbocycles. The van der Waals surface area contributed by atoms with Gasteiger partial charge in [-0.25, -0.2) is 9.59 Å². The molecule has 0 unspecified atom stereocenters. The van der Waals surface area contributed by atoms with Gasteiger partial charge >= 0.3 is 11.6 Å². The molecule has 0 amide bonds. The minimum absolute atomic E-state index is 0.0183. The zero-order valence-corrected chi connectivity index (χ0v) is 16.4.